The maximum absolute atomic E-state index is 11.5. The Hall–Kier alpha value is -2.07. The number of primary amides is 1. The summed E-state index contributed by atoms with van der Waals surface area (Å²) < 4.78 is 0. The van der Waals surface area contributed by atoms with Crippen LogP contribution in [0.1, 0.15) is 28.0 Å². The Morgan fingerprint density at radius 2 is 2.21 bits per heavy atom. The highest BCUT2D eigenvalue weighted by Gasteiger charge is 2.15. The van der Waals surface area contributed by atoms with Gasteiger partial charge in [0.1, 0.15) is 0 Å². The van der Waals surface area contributed by atoms with Crippen LogP contribution < -0.4 is 11.1 Å². The standard InChI is InChI=1S/C15H17N3O/c1-9-7-13-11(10-3-2-6-17-8-10)4-5-12(15(16)19)14(13)18-9/h3-5,7,17-18H,2,6,8H2,1H3,(H2,16,19). The monoisotopic (exact) mass is 255 g/mol. The topological polar surface area (TPSA) is 70.9 Å². The molecule has 2 heterocycles. The summed E-state index contributed by atoms with van der Waals surface area (Å²) in [4.78, 5) is 14.7. The fraction of sp³-hybridized carbons (Fsp3) is 0.267. The zero-order valence-corrected chi connectivity index (χ0v) is 10.9. The number of hydrogen-bond donors (Lipinski definition) is 3. The molecular weight excluding hydrogens is 238 g/mol. The molecule has 4 heteroatoms. The number of amides is 1. The van der Waals surface area contributed by atoms with Gasteiger partial charge >= 0.3 is 0 Å². The van der Waals surface area contributed by atoms with Gasteiger partial charge in [0.2, 0.25) is 0 Å². The van der Waals surface area contributed by atoms with Crippen molar-refractivity contribution in [1.29, 1.82) is 0 Å². The zero-order chi connectivity index (χ0) is 13.4. The second-order valence-corrected chi connectivity index (χ2v) is 4.96. The van der Waals surface area contributed by atoms with Crippen LogP contribution in [0, 0.1) is 6.92 Å². The molecule has 4 nitrogen and oxygen atoms in total. The van der Waals surface area contributed by atoms with E-state index in [4.69, 9.17) is 5.73 Å². The molecule has 1 amide bonds. The average Bonchev–Trinajstić information content (AvgIpc) is 2.79. The summed E-state index contributed by atoms with van der Waals surface area (Å²) in [6.45, 7) is 3.88. The van der Waals surface area contributed by atoms with E-state index in [0.717, 1.165) is 36.1 Å². The first-order chi connectivity index (χ1) is 9.16. The van der Waals surface area contributed by atoms with E-state index < -0.39 is 5.91 Å². The number of rotatable bonds is 2. The first-order valence-corrected chi connectivity index (χ1v) is 6.49. The van der Waals surface area contributed by atoms with Gasteiger partial charge in [0, 0.05) is 17.6 Å². The number of H-pyrrole nitrogens is 1. The Kier molecular flexibility index (Phi) is 2.87. The third kappa shape index (κ3) is 2.04. The van der Waals surface area contributed by atoms with Gasteiger partial charge in [-0.05, 0) is 43.2 Å². The van der Waals surface area contributed by atoms with Crippen molar-refractivity contribution in [3.63, 3.8) is 0 Å². The van der Waals surface area contributed by atoms with E-state index in [2.05, 4.69) is 22.4 Å². The first kappa shape index (κ1) is 12.0. The molecule has 0 bridgehead atoms. The molecule has 0 saturated carbocycles. The molecule has 1 aromatic carbocycles. The molecule has 0 fully saturated rings. The van der Waals surface area contributed by atoms with Gasteiger partial charge in [-0.3, -0.25) is 4.79 Å². The number of carbonyl (C=O) groups is 1. The van der Waals surface area contributed by atoms with Crippen molar-refractivity contribution in [2.45, 2.75) is 13.3 Å². The molecule has 1 aliphatic rings. The Balaban J connectivity index is 2.24. The number of nitrogens with two attached hydrogens (primary N) is 1. The van der Waals surface area contributed by atoms with E-state index in [1.165, 1.54) is 11.1 Å². The van der Waals surface area contributed by atoms with E-state index in [1.807, 2.05) is 19.1 Å². The summed E-state index contributed by atoms with van der Waals surface area (Å²) in [5.41, 5.74) is 10.3. The van der Waals surface area contributed by atoms with Crippen molar-refractivity contribution in [3.05, 3.63) is 41.1 Å². The van der Waals surface area contributed by atoms with E-state index in [9.17, 15) is 4.79 Å². The number of aromatic nitrogens is 1. The third-order valence-electron chi connectivity index (χ3n) is 3.57. The van der Waals surface area contributed by atoms with E-state index in [1.54, 1.807) is 0 Å². The molecule has 0 atom stereocenters. The second-order valence-electron chi connectivity index (χ2n) is 4.96. The Bertz CT molecular complexity index is 682. The summed E-state index contributed by atoms with van der Waals surface area (Å²) in [7, 11) is 0. The number of benzene rings is 1. The highest BCUT2D eigenvalue weighted by Crippen LogP contribution is 2.29. The SMILES string of the molecule is Cc1cc2c(C3=CCCNC3)ccc(C(N)=O)c2[nH]1. The minimum atomic E-state index is -0.394. The molecule has 0 saturated heterocycles. The van der Waals surface area contributed by atoms with Crippen molar-refractivity contribution >= 4 is 22.4 Å². The third-order valence-corrected chi connectivity index (χ3v) is 3.57. The molecule has 4 N–H and O–H groups in total. The second kappa shape index (κ2) is 4.55. The number of hydrogen-bond acceptors (Lipinski definition) is 2. The van der Waals surface area contributed by atoms with Crippen LogP contribution >= 0.6 is 0 Å². The van der Waals surface area contributed by atoms with Crippen molar-refractivity contribution in [2.24, 2.45) is 5.73 Å². The van der Waals surface area contributed by atoms with Gasteiger partial charge in [0.05, 0.1) is 11.1 Å². The highest BCUT2D eigenvalue weighted by molar-refractivity contribution is 6.08. The van der Waals surface area contributed by atoms with Crippen LogP contribution in [0.3, 0.4) is 0 Å². The van der Waals surface area contributed by atoms with Crippen molar-refractivity contribution in [1.82, 2.24) is 10.3 Å². The molecule has 0 aliphatic carbocycles. The molecule has 2 aromatic rings. The van der Waals surface area contributed by atoms with Crippen LogP contribution in [0.4, 0.5) is 0 Å². The molecule has 19 heavy (non-hydrogen) atoms. The Labute approximate surface area is 111 Å². The summed E-state index contributed by atoms with van der Waals surface area (Å²) in [5, 5.41) is 4.44. The smallest absolute Gasteiger partial charge is 0.250 e. The van der Waals surface area contributed by atoms with Crippen LogP contribution in [0.2, 0.25) is 0 Å². The van der Waals surface area contributed by atoms with Gasteiger partial charge in [0.25, 0.3) is 5.91 Å². The predicted molar refractivity (Wildman–Crippen MR) is 77.0 cm³/mol. The number of fused-ring (bicyclic) bond motifs is 1. The van der Waals surface area contributed by atoms with Gasteiger partial charge in [-0.15, -0.1) is 0 Å². The van der Waals surface area contributed by atoms with Crippen LogP contribution in [0.25, 0.3) is 16.5 Å². The van der Waals surface area contributed by atoms with Gasteiger partial charge in [-0.25, -0.2) is 0 Å². The lowest BCUT2D eigenvalue weighted by Gasteiger charge is -2.15. The van der Waals surface area contributed by atoms with E-state index in [-0.39, 0.29) is 0 Å². The molecule has 0 spiro atoms. The number of aryl methyl sites for hydroxylation is 1. The lowest BCUT2D eigenvalue weighted by molar-refractivity contribution is 0.100. The lowest BCUT2D eigenvalue weighted by atomic mass is 9.96. The maximum Gasteiger partial charge on any atom is 0.250 e. The fourth-order valence-electron chi connectivity index (χ4n) is 2.69. The molecule has 1 aromatic heterocycles. The van der Waals surface area contributed by atoms with Crippen LogP contribution in [0.15, 0.2) is 24.3 Å². The Morgan fingerprint density at radius 1 is 1.37 bits per heavy atom. The predicted octanol–water partition coefficient (Wildman–Crippen LogP) is 1.95. The summed E-state index contributed by atoms with van der Waals surface area (Å²) in [6, 6.07) is 5.88. The minimum Gasteiger partial charge on any atom is -0.366 e. The zero-order valence-electron chi connectivity index (χ0n) is 10.9. The highest BCUT2D eigenvalue weighted by atomic mass is 16.1. The summed E-state index contributed by atoms with van der Waals surface area (Å²) in [5.74, 6) is -0.394. The van der Waals surface area contributed by atoms with E-state index in [0.29, 0.717) is 5.56 Å². The number of aromatic amines is 1. The van der Waals surface area contributed by atoms with Gasteiger partial charge in [-0.2, -0.15) is 0 Å². The van der Waals surface area contributed by atoms with Crippen molar-refractivity contribution in [3.8, 4) is 0 Å². The maximum atomic E-state index is 11.5. The molecule has 98 valence electrons. The molecule has 3 rings (SSSR count). The van der Waals surface area contributed by atoms with Gasteiger partial charge < -0.3 is 16.0 Å². The normalized spacial score (nSPS) is 15.5. The lowest BCUT2D eigenvalue weighted by Crippen LogP contribution is -2.21. The quantitative estimate of drug-likeness (QED) is 0.767. The molecule has 0 unspecified atom stereocenters. The van der Waals surface area contributed by atoms with Crippen LogP contribution in [-0.2, 0) is 0 Å². The first-order valence-electron chi connectivity index (χ1n) is 6.49. The number of nitrogens with one attached hydrogen (secondary N) is 2. The Morgan fingerprint density at radius 3 is 2.89 bits per heavy atom. The van der Waals surface area contributed by atoms with Crippen LogP contribution in [0.5, 0.6) is 0 Å². The minimum absolute atomic E-state index is 0.394. The van der Waals surface area contributed by atoms with Gasteiger partial charge in [0.15, 0.2) is 0 Å². The summed E-state index contributed by atoms with van der Waals surface area (Å²) in [6.07, 6.45) is 3.30. The van der Waals surface area contributed by atoms with Gasteiger partial charge in [-0.1, -0.05) is 12.1 Å². The van der Waals surface area contributed by atoms with Crippen molar-refractivity contribution < 1.29 is 4.79 Å². The van der Waals surface area contributed by atoms with Crippen LogP contribution in [-0.4, -0.2) is 24.0 Å². The largest absolute Gasteiger partial charge is 0.366 e. The van der Waals surface area contributed by atoms with Crippen molar-refractivity contribution in [2.75, 3.05) is 13.1 Å². The summed E-state index contributed by atoms with van der Waals surface area (Å²) >= 11 is 0. The van der Waals surface area contributed by atoms with E-state index >= 15 is 0 Å². The average molecular weight is 255 g/mol. The molecule has 1 aliphatic heterocycles. The molecule has 0 radical (unpaired) electrons. The molecular formula is C15H17N3O. The fourth-order valence-corrected chi connectivity index (χ4v) is 2.69. The number of carbonyl (C=O) groups excluding carboxylic acids is 1.